The van der Waals surface area contributed by atoms with E-state index >= 15 is 0 Å². The van der Waals surface area contributed by atoms with E-state index in [0.29, 0.717) is 17.3 Å². The highest BCUT2D eigenvalue weighted by atomic mass is 16.5. The molecule has 2 heterocycles. The maximum absolute atomic E-state index is 12.2. The standard InChI is InChI=1S/C17H17N5O2/c1-12(2)22-11-13(8-20-22)21-17(23)15-9-19-16(10-18-15)24-14-6-4-3-5-7-14/h3-12H,1-2H3,(H,21,23). The SMILES string of the molecule is CC(C)n1cc(NC(=O)c2cnc(Oc3ccccc3)cn2)cn1. The second kappa shape index (κ2) is 6.91. The number of carbonyl (C=O) groups is 1. The van der Waals surface area contributed by atoms with Crippen molar-refractivity contribution in [2.75, 3.05) is 5.32 Å². The number of rotatable bonds is 5. The van der Waals surface area contributed by atoms with Gasteiger partial charge in [0, 0.05) is 12.2 Å². The number of para-hydroxylation sites is 1. The van der Waals surface area contributed by atoms with Gasteiger partial charge in [0.1, 0.15) is 11.4 Å². The van der Waals surface area contributed by atoms with Crippen molar-refractivity contribution in [2.24, 2.45) is 0 Å². The Balaban J connectivity index is 1.65. The largest absolute Gasteiger partial charge is 0.438 e. The van der Waals surface area contributed by atoms with Gasteiger partial charge in [0.25, 0.3) is 5.91 Å². The Bertz CT molecular complexity index is 813. The molecule has 0 spiro atoms. The first-order valence-corrected chi connectivity index (χ1v) is 7.52. The number of hydrogen-bond acceptors (Lipinski definition) is 5. The molecule has 0 atom stereocenters. The highest BCUT2D eigenvalue weighted by Crippen LogP contribution is 2.17. The third kappa shape index (κ3) is 3.75. The van der Waals surface area contributed by atoms with E-state index in [4.69, 9.17) is 4.74 Å². The summed E-state index contributed by atoms with van der Waals surface area (Å²) in [4.78, 5) is 20.4. The number of nitrogens with one attached hydrogen (secondary N) is 1. The van der Waals surface area contributed by atoms with Crippen LogP contribution in [0.15, 0.2) is 55.1 Å². The van der Waals surface area contributed by atoms with Gasteiger partial charge in [0.2, 0.25) is 5.88 Å². The zero-order valence-corrected chi connectivity index (χ0v) is 13.4. The monoisotopic (exact) mass is 323 g/mol. The predicted molar refractivity (Wildman–Crippen MR) is 89.1 cm³/mol. The van der Waals surface area contributed by atoms with E-state index in [2.05, 4.69) is 20.4 Å². The summed E-state index contributed by atoms with van der Waals surface area (Å²) in [6.07, 6.45) is 6.15. The lowest BCUT2D eigenvalue weighted by Gasteiger charge is -2.05. The molecule has 1 amide bonds. The van der Waals surface area contributed by atoms with Gasteiger partial charge < -0.3 is 10.1 Å². The molecule has 24 heavy (non-hydrogen) atoms. The zero-order chi connectivity index (χ0) is 16.9. The Morgan fingerprint density at radius 2 is 1.92 bits per heavy atom. The highest BCUT2D eigenvalue weighted by molar-refractivity contribution is 6.02. The van der Waals surface area contributed by atoms with Crippen LogP contribution in [0.5, 0.6) is 11.6 Å². The summed E-state index contributed by atoms with van der Waals surface area (Å²) in [6, 6.07) is 9.48. The molecule has 0 unspecified atom stereocenters. The van der Waals surface area contributed by atoms with Crippen LogP contribution in [0, 0.1) is 0 Å². The maximum atomic E-state index is 12.2. The first kappa shape index (κ1) is 15.7. The number of benzene rings is 1. The van der Waals surface area contributed by atoms with Crippen LogP contribution in [0.3, 0.4) is 0 Å². The third-order valence-electron chi connectivity index (χ3n) is 3.21. The Labute approximate surface area is 139 Å². The second-order valence-corrected chi connectivity index (χ2v) is 5.41. The molecule has 0 bridgehead atoms. The van der Waals surface area contributed by atoms with E-state index in [1.807, 2.05) is 44.2 Å². The lowest BCUT2D eigenvalue weighted by Crippen LogP contribution is -2.13. The van der Waals surface area contributed by atoms with Crippen LogP contribution < -0.4 is 10.1 Å². The molecule has 0 aliphatic heterocycles. The number of hydrogen-bond donors (Lipinski definition) is 1. The van der Waals surface area contributed by atoms with Crippen LogP contribution in [0.4, 0.5) is 5.69 Å². The third-order valence-corrected chi connectivity index (χ3v) is 3.21. The molecule has 3 rings (SSSR count). The van der Waals surface area contributed by atoms with Gasteiger partial charge in [-0.05, 0) is 26.0 Å². The van der Waals surface area contributed by atoms with E-state index < -0.39 is 0 Å². The highest BCUT2D eigenvalue weighted by Gasteiger charge is 2.11. The summed E-state index contributed by atoms with van der Waals surface area (Å²) in [5, 5.41) is 6.91. The van der Waals surface area contributed by atoms with Crippen LogP contribution in [-0.4, -0.2) is 25.7 Å². The average molecular weight is 323 g/mol. The van der Waals surface area contributed by atoms with Crippen LogP contribution in [0.2, 0.25) is 0 Å². The summed E-state index contributed by atoms with van der Waals surface area (Å²) in [5.74, 6) is 0.632. The van der Waals surface area contributed by atoms with Gasteiger partial charge in [-0.3, -0.25) is 9.48 Å². The molecular weight excluding hydrogens is 306 g/mol. The maximum Gasteiger partial charge on any atom is 0.275 e. The number of nitrogens with zero attached hydrogens (tertiary/aromatic N) is 4. The normalized spacial score (nSPS) is 10.6. The Morgan fingerprint density at radius 1 is 1.12 bits per heavy atom. The fourth-order valence-electron chi connectivity index (χ4n) is 1.98. The topological polar surface area (TPSA) is 81.9 Å². The van der Waals surface area contributed by atoms with Crippen molar-refractivity contribution >= 4 is 11.6 Å². The van der Waals surface area contributed by atoms with Crippen molar-refractivity contribution in [3.63, 3.8) is 0 Å². The van der Waals surface area contributed by atoms with E-state index in [9.17, 15) is 4.79 Å². The quantitative estimate of drug-likeness (QED) is 0.779. The van der Waals surface area contributed by atoms with E-state index in [1.165, 1.54) is 12.4 Å². The van der Waals surface area contributed by atoms with Gasteiger partial charge in [0.05, 0.1) is 24.3 Å². The minimum atomic E-state index is -0.350. The summed E-state index contributed by atoms with van der Waals surface area (Å²) in [7, 11) is 0. The molecule has 0 aliphatic rings. The van der Waals surface area contributed by atoms with Gasteiger partial charge in [-0.2, -0.15) is 5.10 Å². The van der Waals surface area contributed by atoms with Crippen molar-refractivity contribution in [1.82, 2.24) is 19.7 Å². The molecule has 0 radical (unpaired) electrons. The molecule has 1 aromatic carbocycles. The smallest absolute Gasteiger partial charge is 0.275 e. The minimum Gasteiger partial charge on any atom is -0.438 e. The molecule has 7 nitrogen and oxygen atoms in total. The van der Waals surface area contributed by atoms with Gasteiger partial charge >= 0.3 is 0 Å². The van der Waals surface area contributed by atoms with Gasteiger partial charge in [0.15, 0.2) is 0 Å². The first-order valence-electron chi connectivity index (χ1n) is 7.52. The van der Waals surface area contributed by atoms with Gasteiger partial charge in [-0.1, -0.05) is 18.2 Å². The Morgan fingerprint density at radius 3 is 2.54 bits per heavy atom. The second-order valence-electron chi connectivity index (χ2n) is 5.41. The van der Waals surface area contributed by atoms with E-state index in [-0.39, 0.29) is 17.6 Å². The van der Waals surface area contributed by atoms with Crippen molar-refractivity contribution in [3.05, 3.63) is 60.8 Å². The van der Waals surface area contributed by atoms with Crippen LogP contribution in [0.25, 0.3) is 0 Å². The number of amides is 1. The number of carbonyl (C=O) groups excluding carboxylic acids is 1. The van der Waals surface area contributed by atoms with Crippen molar-refractivity contribution in [2.45, 2.75) is 19.9 Å². The fourth-order valence-corrected chi connectivity index (χ4v) is 1.98. The zero-order valence-electron chi connectivity index (χ0n) is 13.4. The van der Waals surface area contributed by atoms with Crippen LogP contribution in [-0.2, 0) is 0 Å². The van der Waals surface area contributed by atoms with Crippen molar-refractivity contribution in [3.8, 4) is 11.6 Å². The molecule has 2 aromatic heterocycles. The molecule has 122 valence electrons. The van der Waals surface area contributed by atoms with Crippen LogP contribution in [0.1, 0.15) is 30.4 Å². The number of aromatic nitrogens is 4. The first-order chi connectivity index (χ1) is 11.6. The Hall–Kier alpha value is -3.22. The Kier molecular flexibility index (Phi) is 4.51. The molecule has 0 saturated carbocycles. The van der Waals surface area contributed by atoms with Gasteiger partial charge in [-0.25, -0.2) is 9.97 Å². The number of anilines is 1. The molecule has 1 N–H and O–H groups in total. The van der Waals surface area contributed by atoms with E-state index in [0.717, 1.165) is 0 Å². The summed E-state index contributed by atoms with van der Waals surface area (Å²) >= 11 is 0. The fraction of sp³-hybridized carbons (Fsp3) is 0.176. The molecule has 0 saturated heterocycles. The van der Waals surface area contributed by atoms with E-state index in [1.54, 1.807) is 17.1 Å². The molecule has 3 aromatic rings. The minimum absolute atomic E-state index is 0.202. The molecule has 7 heteroatoms. The lowest BCUT2D eigenvalue weighted by atomic mass is 10.3. The summed E-state index contributed by atoms with van der Waals surface area (Å²) < 4.78 is 7.30. The van der Waals surface area contributed by atoms with Gasteiger partial charge in [-0.15, -0.1) is 0 Å². The number of ether oxygens (including phenoxy) is 1. The summed E-state index contributed by atoms with van der Waals surface area (Å²) in [5.41, 5.74) is 0.813. The predicted octanol–water partition coefficient (Wildman–Crippen LogP) is 3.30. The molecule has 0 fully saturated rings. The average Bonchev–Trinajstić information content (AvgIpc) is 3.05. The molecule has 0 aliphatic carbocycles. The van der Waals surface area contributed by atoms with Crippen molar-refractivity contribution < 1.29 is 9.53 Å². The van der Waals surface area contributed by atoms with Crippen molar-refractivity contribution in [1.29, 1.82) is 0 Å². The van der Waals surface area contributed by atoms with Crippen LogP contribution >= 0.6 is 0 Å². The lowest BCUT2D eigenvalue weighted by molar-refractivity contribution is 0.102. The summed E-state index contributed by atoms with van der Waals surface area (Å²) in [6.45, 7) is 4.02. The molecular formula is C17H17N5O2.